The zero-order valence-corrected chi connectivity index (χ0v) is 12.2. The molecule has 108 valence electrons. The Hall–Kier alpha value is -1.13. The van der Waals surface area contributed by atoms with Crippen LogP contribution in [0.4, 0.5) is 10.1 Å². The number of halogens is 1. The Bertz CT molecular complexity index is 367. The molecule has 0 aliphatic carbocycles. The Morgan fingerprint density at radius 2 is 2.00 bits per heavy atom. The minimum Gasteiger partial charge on any atom is -0.385 e. The molecule has 1 N–H and O–H groups in total. The number of hydrogen-bond acceptors (Lipinski definition) is 3. The maximum absolute atomic E-state index is 13.8. The van der Waals surface area contributed by atoms with Crippen molar-refractivity contribution in [3.63, 3.8) is 0 Å². The molecule has 0 saturated carbocycles. The molecule has 0 heterocycles. The molecular formula is C15H25FN2O. The van der Waals surface area contributed by atoms with E-state index < -0.39 is 0 Å². The maximum Gasteiger partial charge on any atom is 0.146 e. The number of methoxy groups -OCH3 is 1. The van der Waals surface area contributed by atoms with E-state index in [2.05, 4.69) is 5.32 Å². The summed E-state index contributed by atoms with van der Waals surface area (Å²) in [5, 5.41) is 3.34. The SMILES string of the molecule is CCN(CC)c1cc(CNCCCOC)ccc1F. The van der Waals surface area contributed by atoms with E-state index in [1.807, 2.05) is 30.9 Å². The van der Waals surface area contributed by atoms with E-state index in [4.69, 9.17) is 4.74 Å². The van der Waals surface area contributed by atoms with Gasteiger partial charge in [-0.1, -0.05) is 6.07 Å². The summed E-state index contributed by atoms with van der Waals surface area (Å²) in [6.07, 6.45) is 0.987. The van der Waals surface area contributed by atoms with Crippen LogP contribution in [0, 0.1) is 5.82 Å². The molecule has 0 aliphatic heterocycles. The van der Waals surface area contributed by atoms with Gasteiger partial charge in [0.1, 0.15) is 5.82 Å². The van der Waals surface area contributed by atoms with Gasteiger partial charge in [-0.05, 0) is 44.5 Å². The number of hydrogen-bond donors (Lipinski definition) is 1. The first-order valence-electron chi connectivity index (χ1n) is 6.95. The van der Waals surface area contributed by atoms with Crippen LogP contribution >= 0.6 is 0 Å². The lowest BCUT2D eigenvalue weighted by atomic mass is 10.1. The summed E-state index contributed by atoms with van der Waals surface area (Å²) in [5.74, 6) is -0.146. The van der Waals surface area contributed by atoms with E-state index in [-0.39, 0.29) is 5.82 Å². The van der Waals surface area contributed by atoms with Gasteiger partial charge in [-0.3, -0.25) is 0 Å². The van der Waals surface area contributed by atoms with Gasteiger partial charge < -0.3 is 15.0 Å². The van der Waals surface area contributed by atoms with E-state index in [0.29, 0.717) is 5.69 Å². The summed E-state index contributed by atoms with van der Waals surface area (Å²) in [6, 6.07) is 5.33. The monoisotopic (exact) mass is 268 g/mol. The van der Waals surface area contributed by atoms with E-state index in [0.717, 1.165) is 44.8 Å². The van der Waals surface area contributed by atoms with Gasteiger partial charge >= 0.3 is 0 Å². The van der Waals surface area contributed by atoms with E-state index in [1.165, 1.54) is 0 Å². The van der Waals surface area contributed by atoms with Crippen LogP contribution in [0.1, 0.15) is 25.8 Å². The Morgan fingerprint density at radius 3 is 2.63 bits per heavy atom. The van der Waals surface area contributed by atoms with Crippen molar-refractivity contribution in [3.8, 4) is 0 Å². The van der Waals surface area contributed by atoms with E-state index in [9.17, 15) is 4.39 Å². The van der Waals surface area contributed by atoms with E-state index >= 15 is 0 Å². The molecule has 0 fully saturated rings. The zero-order valence-electron chi connectivity index (χ0n) is 12.2. The summed E-state index contributed by atoms with van der Waals surface area (Å²) in [7, 11) is 1.70. The van der Waals surface area contributed by atoms with Crippen molar-refractivity contribution in [2.45, 2.75) is 26.8 Å². The highest BCUT2D eigenvalue weighted by atomic mass is 19.1. The maximum atomic E-state index is 13.8. The molecule has 0 radical (unpaired) electrons. The molecule has 0 unspecified atom stereocenters. The Morgan fingerprint density at radius 1 is 1.26 bits per heavy atom. The average Bonchev–Trinajstić information content (AvgIpc) is 2.43. The van der Waals surface area contributed by atoms with Gasteiger partial charge in [-0.15, -0.1) is 0 Å². The summed E-state index contributed by atoms with van der Waals surface area (Å²) in [4.78, 5) is 2.03. The summed E-state index contributed by atoms with van der Waals surface area (Å²) >= 11 is 0. The number of nitrogens with zero attached hydrogens (tertiary/aromatic N) is 1. The van der Waals surface area contributed by atoms with Crippen molar-refractivity contribution in [1.29, 1.82) is 0 Å². The number of nitrogens with one attached hydrogen (secondary N) is 1. The number of benzene rings is 1. The van der Waals surface area contributed by atoms with Gasteiger partial charge in [0, 0.05) is 33.4 Å². The summed E-state index contributed by atoms with van der Waals surface area (Å²) in [6.45, 7) is 8.15. The fourth-order valence-corrected chi connectivity index (χ4v) is 2.05. The predicted molar refractivity (Wildman–Crippen MR) is 78.2 cm³/mol. The number of anilines is 1. The van der Waals surface area contributed by atoms with E-state index in [1.54, 1.807) is 13.2 Å². The second kappa shape index (κ2) is 8.88. The van der Waals surface area contributed by atoms with Crippen molar-refractivity contribution < 1.29 is 9.13 Å². The highest BCUT2D eigenvalue weighted by molar-refractivity contribution is 5.49. The van der Waals surface area contributed by atoms with Crippen LogP contribution in [0.3, 0.4) is 0 Å². The lowest BCUT2D eigenvalue weighted by molar-refractivity contribution is 0.194. The highest BCUT2D eigenvalue weighted by Crippen LogP contribution is 2.20. The smallest absolute Gasteiger partial charge is 0.146 e. The molecule has 0 bridgehead atoms. The lowest BCUT2D eigenvalue weighted by Gasteiger charge is -2.22. The standard InChI is InChI=1S/C15H25FN2O/c1-4-18(5-2)15-11-13(7-8-14(15)16)12-17-9-6-10-19-3/h7-8,11,17H,4-6,9-10,12H2,1-3H3. The predicted octanol–water partition coefficient (Wildman–Crippen LogP) is 2.80. The third-order valence-electron chi connectivity index (χ3n) is 3.15. The Labute approximate surface area is 115 Å². The van der Waals surface area contributed by atoms with Gasteiger partial charge in [0.15, 0.2) is 0 Å². The largest absolute Gasteiger partial charge is 0.385 e. The first-order valence-corrected chi connectivity index (χ1v) is 6.95. The fourth-order valence-electron chi connectivity index (χ4n) is 2.05. The van der Waals surface area contributed by atoms with Gasteiger partial charge in [0.05, 0.1) is 5.69 Å². The second-order valence-corrected chi connectivity index (χ2v) is 4.48. The third-order valence-corrected chi connectivity index (χ3v) is 3.15. The molecule has 4 heteroatoms. The molecular weight excluding hydrogens is 243 g/mol. The highest BCUT2D eigenvalue weighted by Gasteiger charge is 2.09. The average molecular weight is 268 g/mol. The molecule has 1 aromatic carbocycles. The molecule has 0 aliphatic rings. The van der Waals surface area contributed by atoms with Crippen LogP contribution in [0.15, 0.2) is 18.2 Å². The molecule has 1 aromatic rings. The second-order valence-electron chi connectivity index (χ2n) is 4.48. The fraction of sp³-hybridized carbons (Fsp3) is 0.600. The van der Waals surface area contributed by atoms with Crippen LogP contribution < -0.4 is 10.2 Å². The number of ether oxygens (including phenoxy) is 1. The molecule has 0 spiro atoms. The molecule has 1 rings (SSSR count). The van der Waals surface area contributed by atoms with Gasteiger partial charge in [0.25, 0.3) is 0 Å². The van der Waals surface area contributed by atoms with Crippen molar-refractivity contribution in [2.75, 3.05) is 38.3 Å². The minimum absolute atomic E-state index is 0.146. The first-order chi connectivity index (χ1) is 9.22. The van der Waals surface area contributed by atoms with Crippen LogP contribution in [-0.2, 0) is 11.3 Å². The molecule has 0 atom stereocenters. The summed E-state index contributed by atoms with van der Waals surface area (Å²) in [5.41, 5.74) is 1.81. The van der Waals surface area contributed by atoms with Gasteiger partial charge in [0.2, 0.25) is 0 Å². The molecule has 0 saturated heterocycles. The van der Waals surface area contributed by atoms with Crippen molar-refractivity contribution in [3.05, 3.63) is 29.6 Å². The Balaban J connectivity index is 2.58. The topological polar surface area (TPSA) is 24.5 Å². The minimum atomic E-state index is -0.146. The van der Waals surface area contributed by atoms with Gasteiger partial charge in [-0.25, -0.2) is 4.39 Å². The van der Waals surface area contributed by atoms with Gasteiger partial charge in [-0.2, -0.15) is 0 Å². The van der Waals surface area contributed by atoms with Crippen LogP contribution in [-0.4, -0.2) is 33.4 Å². The van der Waals surface area contributed by atoms with Crippen LogP contribution in [0.2, 0.25) is 0 Å². The molecule has 0 aromatic heterocycles. The third kappa shape index (κ3) is 5.17. The van der Waals surface area contributed by atoms with Crippen molar-refractivity contribution >= 4 is 5.69 Å². The quantitative estimate of drug-likeness (QED) is 0.697. The first kappa shape index (κ1) is 15.9. The normalized spacial score (nSPS) is 10.7. The molecule has 0 amide bonds. The molecule has 3 nitrogen and oxygen atoms in total. The lowest BCUT2D eigenvalue weighted by Crippen LogP contribution is -2.23. The van der Waals surface area contributed by atoms with Crippen LogP contribution in [0.5, 0.6) is 0 Å². The van der Waals surface area contributed by atoms with Crippen molar-refractivity contribution in [1.82, 2.24) is 5.32 Å². The molecule has 19 heavy (non-hydrogen) atoms. The summed E-state index contributed by atoms with van der Waals surface area (Å²) < 4.78 is 18.8. The Kier molecular flexibility index (Phi) is 7.45. The van der Waals surface area contributed by atoms with Crippen molar-refractivity contribution in [2.24, 2.45) is 0 Å². The van der Waals surface area contributed by atoms with Crippen LogP contribution in [0.25, 0.3) is 0 Å². The number of rotatable bonds is 9. The zero-order chi connectivity index (χ0) is 14.1.